The van der Waals surface area contributed by atoms with Crippen molar-refractivity contribution >= 4 is 11.9 Å². The molecule has 2 N–H and O–H groups in total. The molecule has 0 aliphatic heterocycles. The van der Waals surface area contributed by atoms with Crippen LogP contribution in [0.4, 0.5) is 0 Å². The van der Waals surface area contributed by atoms with Gasteiger partial charge in [-0.2, -0.15) is 0 Å². The van der Waals surface area contributed by atoms with Crippen molar-refractivity contribution in [2.45, 2.75) is 46.1 Å². The van der Waals surface area contributed by atoms with Crippen molar-refractivity contribution in [3.63, 3.8) is 0 Å². The van der Waals surface area contributed by atoms with Gasteiger partial charge in [0.25, 0.3) is 0 Å². The highest BCUT2D eigenvalue weighted by Crippen LogP contribution is 2.33. The fraction of sp³-hybridized carbons (Fsp3) is 0.615. The quantitative estimate of drug-likeness (QED) is 0.788. The number of hydrogen-bond acceptors (Lipinski definition) is 3. The lowest BCUT2D eigenvalue weighted by molar-refractivity contribution is -0.159. The minimum atomic E-state index is -1.41. The number of rotatable bonds is 7. The summed E-state index contributed by atoms with van der Waals surface area (Å²) in [5, 5.41) is 18.6. The number of carboxylic acid groups (broad SMARTS) is 2. The average molecular weight is 268 g/mol. The van der Waals surface area contributed by atoms with Gasteiger partial charge in [-0.15, -0.1) is 0 Å². The van der Waals surface area contributed by atoms with E-state index in [0.717, 1.165) is 12.8 Å². The number of imidazole rings is 1. The summed E-state index contributed by atoms with van der Waals surface area (Å²) in [5.41, 5.74) is -1.41. The van der Waals surface area contributed by atoms with Crippen molar-refractivity contribution in [2.75, 3.05) is 0 Å². The van der Waals surface area contributed by atoms with Gasteiger partial charge in [0, 0.05) is 18.8 Å². The summed E-state index contributed by atoms with van der Waals surface area (Å²) in [5.74, 6) is -1.69. The maximum atomic E-state index is 11.5. The van der Waals surface area contributed by atoms with Crippen LogP contribution in [-0.2, 0) is 16.0 Å². The molecule has 0 amide bonds. The topological polar surface area (TPSA) is 92.4 Å². The molecule has 1 heterocycles. The van der Waals surface area contributed by atoms with Crippen LogP contribution in [0.1, 0.15) is 45.5 Å². The first-order valence-corrected chi connectivity index (χ1v) is 6.30. The van der Waals surface area contributed by atoms with Gasteiger partial charge in [0.1, 0.15) is 11.9 Å². The molecule has 0 aliphatic rings. The van der Waals surface area contributed by atoms with Gasteiger partial charge in [-0.1, -0.05) is 13.3 Å². The third kappa shape index (κ3) is 3.13. The zero-order chi connectivity index (χ0) is 14.6. The average Bonchev–Trinajstić information content (AvgIpc) is 2.73. The molecule has 1 rings (SSSR count). The van der Waals surface area contributed by atoms with Crippen LogP contribution in [0, 0.1) is 5.41 Å². The smallest absolute Gasteiger partial charge is 0.327 e. The zero-order valence-electron chi connectivity index (χ0n) is 11.5. The van der Waals surface area contributed by atoms with E-state index in [0.29, 0.717) is 12.2 Å². The number of carbonyl (C=O) groups is 2. The minimum absolute atomic E-state index is 0.614. The van der Waals surface area contributed by atoms with E-state index in [1.165, 1.54) is 30.8 Å². The molecule has 1 aromatic heterocycles. The van der Waals surface area contributed by atoms with Crippen molar-refractivity contribution in [3.05, 3.63) is 18.2 Å². The van der Waals surface area contributed by atoms with Gasteiger partial charge in [0.15, 0.2) is 0 Å². The van der Waals surface area contributed by atoms with Crippen molar-refractivity contribution in [1.82, 2.24) is 9.55 Å². The van der Waals surface area contributed by atoms with Crippen LogP contribution in [-0.4, -0.2) is 31.7 Å². The van der Waals surface area contributed by atoms with E-state index < -0.39 is 23.4 Å². The van der Waals surface area contributed by atoms with Gasteiger partial charge < -0.3 is 14.8 Å². The minimum Gasteiger partial charge on any atom is -0.481 e. The number of hydrogen-bond donors (Lipinski definition) is 2. The van der Waals surface area contributed by atoms with Crippen molar-refractivity contribution in [2.24, 2.45) is 5.41 Å². The SMILES string of the molecule is CCCCc1nccn1C(C(=O)O)C(C)(C)C(=O)O. The van der Waals surface area contributed by atoms with E-state index in [1.807, 2.05) is 6.92 Å². The van der Waals surface area contributed by atoms with Crippen LogP contribution in [0.3, 0.4) is 0 Å². The summed E-state index contributed by atoms with van der Waals surface area (Å²) in [6, 6.07) is -1.17. The molecular weight excluding hydrogens is 248 g/mol. The second-order valence-corrected chi connectivity index (χ2v) is 5.12. The molecule has 0 spiro atoms. The third-order valence-electron chi connectivity index (χ3n) is 3.25. The maximum Gasteiger partial charge on any atom is 0.327 e. The molecular formula is C13H20N2O4. The summed E-state index contributed by atoms with van der Waals surface area (Å²) in [4.78, 5) is 26.9. The standard InChI is InChI=1S/C13H20N2O4/c1-4-5-6-9-14-7-8-15(9)10(11(16)17)13(2,3)12(18)19/h7-8,10H,4-6H2,1-3H3,(H,16,17)(H,18,19). The van der Waals surface area contributed by atoms with Gasteiger partial charge in [-0.25, -0.2) is 9.78 Å². The highest BCUT2D eigenvalue weighted by molar-refractivity contribution is 5.84. The first-order valence-electron chi connectivity index (χ1n) is 6.30. The van der Waals surface area contributed by atoms with E-state index in [1.54, 1.807) is 0 Å². The Morgan fingerprint density at radius 1 is 1.42 bits per heavy atom. The molecule has 106 valence electrons. The zero-order valence-corrected chi connectivity index (χ0v) is 11.5. The maximum absolute atomic E-state index is 11.5. The number of aliphatic carboxylic acids is 2. The van der Waals surface area contributed by atoms with E-state index >= 15 is 0 Å². The lowest BCUT2D eigenvalue weighted by Gasteiger charge is -2.29. The predicted molar refractivity (Wildman–Crippen MR) is 68.9 cm³/mol. The Morgan fingerprint density at radius 2 is 2.05 bits per heavy atom. The van der Waals surface area contributed by atoms with Crippen LogP contribution >= 0.6 is 0 Å². The Bertz CT molecular complexity index is 465. The number of aromatic nitrogens is 2. The van der Waals surface area contributed by atoms with Crippen LogP contribution in [0.5, 0.6) is 0 Å². The van der Waals surface area contributed by atoms with E-state index in [-0.39, 0.29) is 0 Å². The fourth-order valence-electron chi connectivity index (χ4n) is 2.00. The van der Waals surface area contributed by atoms with E-state index in [9.17, 15) is 19.8 Å². The normalized spacial score (nSPS) is 13.2. The summed E-state index contributed by atoms with van der Waals surface area (Å²) >= 11 is 0. The Morgan fingerprint density at radius 3 is 2.53 bits per heavy atom. The molecule has 6 nitrogen and oxygen atoms in total. The fourth-order valence-corrected chi connectivity index (χ4v) is 2.00. The van der Waals surface area contributed by atoms with Crippen molar-refractivity contribution < 1.29 is 19.8 Å². The summed E-state index contributed by atoms with van der Waals surface area (Å²) in [7, 11) is 0. The highest BCUT2D eigenvalue weighted by atomic mass is 16.4. The molecule has 1 aromatic rings. The number of aryl methyl sites for hydroxylation is 1. The first-order chi connectivity index (χ1) is 8.82. The first kappa shape index (κ1) is 15.2. The lowest BCUT2D eigenvalue weighted by atomic mass is 9.84. The summed E-state index contributed by atoms with van der Waals surface area (Å²) in [6.07, 6.45) is 5.54. The Labute approximate surface area is 112 Å². The molecule has 0 aliphatic carbocycles. The Balaban J connectivity index is 3.17. The largest absolute Gasteiger partial charge is 0.481 e. The predicted octanol–water partition coefficient (Wildman–Crippen LogP) is 1.96. The molecule has 1 atom stereocenters. The Hall–Kier alpha value is -1.85. The van der Waals surface area contributed by atoms with E-state index in [4.69, 9.17) is 0 Å². The molecule has 0 fully saturated rings. The van der Waals surface area contributed by atoms with Gasteiger partial charge >= 0.3 is 11.9 Å². The second-order valence-electron chi connectivity index (χ2n) is 5.12. The molecule has 0 radical (unpaired) electrons. The molecule has 0 saturated carbocycles. The van der Waals surface area contributed by atoms with E-state index in [2.05, 4.69) is 4.98 Å². The number of carboxylic acids is 2. The summed E-state index contributed by atoms with van der Waals surface area (Å²) < 4.78 is 1.46. The van der Waals surface area contributed by atoms with Gasteiger partial charge in [0.2, 0.25) is 0 Å². The van der Waals surface area contributed by atoms with Gasteiger partial charge in [0.05, 0.1) is 5.41 Å². The van der Waals surface area contributed by atoms with Crippen LogP contribution in [0.15, 0.2) is 12.4 Å². The van der Waals surface area contributed by atoms with Crippen molar-refractivity contribution in [3.8, 4) is 0 Å². The molecule has 1 unspecified atom stereocenters. The van der Waals surface area contributed by atoms with Gasteiger partial charge in [-0.3, -0.25) is 4.79 Å². The summed E-state index contributed by atoms with van der Waals surface area (Å²) in [6.45, 7) is 4.86. The van der Waals surface area contributed by atoms with Crippen LogP contribution in [0.2, 0.25) is 0 Å². The highest BCUT2D eigenvalue weighted by Gasteiger charge is 2.43. The number of unbranched alkanes of at least 4 members (excludes halogenated alkanes) is 1. The molecule has 0 bridgehead atoms. The molecule has 19 heavy (non-hydrogen) atoms. The van der Waals surface area contributed by atoms with Crippen LogP contribution in [0.25, 0.3) is 0 Å². The molecule has 6 heteroatoms. The second kappa shape index (κ2) is 5.86. The lowest BCUT2D eigenvalue weighted by Crippen LogP contribution is -2.40. The number of nitrogens with zero attached hydrogens (tertiary/aromatic N) is 2. The monoisotopic (exact) mass is 268 g/mol. The molecule has 0 aromatic carbocycles. The molecule has 0 saturated heterocycles. The van der Waals surface area contributed by atoms with Gasteiger partial charge in [-0.05, 0) is 20.3 Å². The third-order valence-corrected chi connectivity index (χ3v) is 3.25. The van der Waals surface area contributed by atoms with Crippen molar-refractivity contribution in [1.29, 1.82) is 0 Å². The van der Waals surface area contributed by atoms with Crippen LogP contribution < -0.4 is 0 Å². The Kier molecular flexibility index (Phi) is 4.69.